The summed E-state index contributed by atoms with van der Waals surface area (Å²) in [4.78, 5) is 53.6. The predicted octanol–water partition coefficient (Wildman–Crippen LogP) is 1.42. The van der Waals surface area contributed by atoms with Crippen molar-refractivity contribution in [3.05, 3.63) is 58.0 Å². The molecule has 2 fully saturated rings. The molecule has 5 heterocycles. The lowest BCUT2D eigenvalue weighted by molar-refractivity contribution is -0.134. The van der Waals surface area contributed by atoms with E-state index in [4.69, 9.17) is 9.47 Å². The highest BCUT2D eigenvalue weighted by Crippen LogP contribution is 2.35. The minimum atomic E-state index is -0.718. The van der Waals surface area contributed by atoms with Crippen LogP contribution in [0, 0.1) is 5.92 Å². The summed E-state index contributed by atoms with van der Waals surface area (Å²) in [5, 5.41) is 2.72. The Hall–Kier alpha value is -3.82. The summed E-state index contributed by atoms with van der Waals surface area (Å²) in [6, 6.07) is 9.47. The standard InChI is InChI=1S/C25H26N4O6/c30-22(27-10-16-8-17(13-27)19-2-1-3-23(31)28(19)12-16)7-5-18-24(32)29(25(33)26-18)11-15-4-6-20-21(9-15)35-14-34-20/h1-4,6,9,16-18H,5,7-8,10-14H2,(H,26,33)/t16-,17-,18+/m0/s1. The maximum absolute atomic E-state index is 13.0. The Morgan fingerprint density at radius 1 is 1.03 bits per heavy atom. The van der Waals surface area contributed by atoms with Crippen LogP contribution in [0.25, 0.3) is 0 Å². The number of urea groups is 1. The topological polar surface area (TPSA) is 110 Å². The molecule has 35 heavy (non-hydrogen) atoms. The van der Waals surface area contributed by atoms with Gasteiger partial charge in [-0.3, -0.25) is 19.3 Å². The van der Waals surface area contributed by atoms with E-state index in [2.05, 4.69) is 5.32 Å². The number of aromatic nitrogens is 1. The lowest BCUT2D eigenvalue weighted by Crippen LogP contribution is -2.49. The molecule has 6 rings (SSSR count). The molecule has 1 N–H and O–H groups in total. The molecule has 0 spiro atoms. The second-order valence-corrected chi connectivity index (χ2v) is 9.65. The number of amides is 4. The molecule has 2 aromatic rings. The number of carbonyl (C=O) groups is 3. The summed E-state index contributed by atoms with van der Waals surface area (Å²) in [6.45, 7) is 2.08. The summed E-state index contributed by atoms with van der Waals surface area (Å²) >= 11 is 0. The predicted molar refractivity (Wildman–Crippen MR) is 123 cm³/mol. The number of carbonyl (C=O) groups excluding carboxylic acids is 3. The van der Waals surface area contributed by atoms with Crippen molar-refractivity contribution >= 4 is 17.8 Å². The van der Waals surface area contributed by atoms with Gasteiger partial charge in [-0.1, -0.05) is 12.1 Å². The summed E-state index contributed by atoms with van der Waals surface area (Å²) in [7, 11) is 0. The van der Waals surface area contributed by atoms with Gasteiger partial charge in [0.1, 0.15) is 6.04 Å². The number of hydrogen-bond acceptors (Lipinski definition) is 6. The number of piperidine rings is 1. The highest BCUT2D eigenvalue weighted by atomic mass is 16.7. The van der Waals surface area contributed by atoms with Crippen LogP contribution in [0.5, 0.6) is 11.5 Å². The zero-order valence-electron chi connectivity index (χ0n) is 19.1. The van der Waals surface area contributed by atoms with Gasteiger partial charge in [-0.15, -0.1) is 0 Å². The molecular weight excluding hydrogens is 452 g/mol. The van der Waals surface area contributed by atoms with E-state index in [1.54, 1.807) is 30.3 Å². The van der Waals surface area contributed by atoms with E-state index >= 15 is 0 Å². The van der Waals surface area contributed by atoms with E-state index in [-0.39, 0.29) is 55.4 Å². The summed E-state index contributed by atoms with van der Waals surface area (Å²) in [6.07, 6.45) is 1.40. The van der Waals surface area contributed by atoms with Crippen molar-refractivity contribution < 1.29 is 23.9 Å². The number of pyridine rings is 1. The first-order valence-corrected chi connectivity index (χ1v) is 11.9. The van der Waals surface area contributed by atoms with Crippen LogP contribution in [-0.4, -0.2) is 58.1 Å². The van der Waals surface area contributed by atoms with E-state index in [1.807, 2.05) is 15.5 Å². The first-order chi connectivity index (χ1) is 17.0. The van der Waals surface area contributed by atoms with Crippen molar-refractivity contribution in [2.75, 3.05) is 19.9 Å². The number of likely N-dealkylation sites (tertiary alicyclic amines) is 1. The van der Waals surface area contributed by atoms with Crippen LogP contribution in [0.2, 0.25) is 0 Å². The number of imide groups is 1. The number of ether oxygens (including phenoxy) is 2. The number of benzene rings is 1. The fraction of sp³-hybridized carbons (Fsp3) is 0.440. The van der Waals surface area contributed by atoms with Crippen LogP contribution in [0.3, 0.4) is 0 Å². The van der Waals surface area contributed by atoms with Crippen molar-refractivity contribution in [3.63, 3.8) is 0 Å². The Labute approximate surface area is 201 Å². The average molecular weight is 479 g/mol. The molecule has 1 aromatic heterocycles. The van der Waals surface area contributed by atoms with Crippen LogP contribution in [0.4, 0.5) is 4.79 Å². The Morgan fingerprint density at radius 3 is 2.77 bits per heavy atom. The molecule has 0 saturated carbocycles. The van der Waals surface area contributed by atoms with Crippen LogP contribution >= 0.6 is 0 Å². The van der Waals surface area contributed by atoms with Gasteiger partial charge in [0.2, 0.25) is 12.7 Å². The van der Waals surface area contributed by atoms with Crippen molar-refractivity contribution in [1.29, 1.82) is 0 Å². The number of fused-ring (bicyclic) bond motifs is 5. The molecule has 10 nitrogen and oxygen atoms in total. The van der Waals surface area contributed by atoms with E-state index in [0.29, 0.717) is 31.1 Å². The van der Waals surface area contributed by atoms with Crippen LogP contribution in [0.1, 0.15) is 36.4 Å². The Bertz CT molecular complexity index is 1270. The zero-order valence-corrected chi connectivity index (χ0v) is 19.1. The fourth-order valence-electron chi connectivity index (χ4n) is 5.67. The van der Waals surface area contributed by atoms with Crippen molar-refractivity contribution in [2.45, 2.75) is 44.3 Å². The summed E-state index contributed by atoms with van der Waals surface area (Å²) in [5.74, 6) is 1.27. The molecule has 10 heteroatoms. The van der Waals surface area contributed by atoms with Gasteiger partial charge in [0.25, 0.3) is 11.5 Å². The van der Waals surface area contributed by atoms with Crippen molar-refractivity contribution in [1.82, 2.24) is 19.7 Å². The number of hydrogen-bond donors (Lipinski definition) is 1. The Morgan fingerprint density at radius 2 is 1.89 bits per heavy atom. The van der Waals surface area contributed by atoms with E-state index in [1.165, 1.54) is 4.90 Å². The second-order valence-electron chi connectivity index (χ2n) is 9.65. The molecule has 182 valence electrons. The van der Waals surface area contributed by atoms with Gasteiger partial charge in [0.05, 0.1) is 6.54 Å². The average Bonchev–Trinajstić information content (AvgIpc) is 3.42. The zero-order chi connectivity index (χ0) is 24.1. The number of nitrogens with zero attached hydrogens (tertiary/aromatic N) is 3. The summed E-state index contributed by atoms with van der Waals surface area (Å²) in [5.41, 5.74) is 1.76. The van der Waals surface area contributed by atoms with Gasteiger partial charge < -0.3 is 24.3 Å². The fourth-order valence-corrected chi connectivity index (χ4v) is 5.67. The molecular formula is C25H26N4O6. The molecule has 4 aliphatic rings. The van der Waals surface area contributed by atoms with Gasteiger partial charge in [-0.05, 0) is 42.5 Å². The van der Waals surface area contributed by atoms with E-state index in [9.17, 15) is 19.2 Å². The SMILES string of the molecule is O=C(CC[C@H]1NC(=O)N(Cc2ccc3c(c2)OCO3)C1=O)N1C[C@@H]2C[C@@H](C1)c1cccc(=O)n1C2. The first-order valence-electron chi connectivity index (χ1n) is 11.9. The number of nitrogens with one attached hydrogen (secondary N) is 1. The molecule has 2 bridgehead atoms. The van der Waals surface area contributed by atoms with Crippen molar-refractivity contribution in [2.24, 2.45) is 5.92 Å². The third-order valence-corrected chi connectivity index (χ3v) is 7.36. The quantitative estimate of drug-likeness (QED) is 0.651. The Balaban J connectivity index is 1.06. The molecule has 4 amide bonds. The smallest absolute Gasteiger partial charge is 0.325 e. The van der Waals surface area contributed by atoms with Gasteiger partial charge in [-0.25, -0.2) is 4.79 Å². The van der Waals surface area contributed by atoms with Crippen LogP contribution in [-0.2, 0) is 22.7 Å². The summed E-state index contributed by atoms with van der Waals surface area (Å²) < 4.78 is 12.5. The largest absolute Gasteiger partial charge is 0.454 e. The van der Waals surface area contributed by atoms with Crippen LogP contribution in [0.15, 0.2) is 41.2 Å². The first kappa shape index (κ1) is 21.7. The molecule has 3 atom stereocenters. The second kappa shape index (κ2) is 8.44. The normalized spacial score (nSPS) is 24.4. The maximum atomic E-state index is 13.0. The minimum Gasteiger partial charge on any atom is -0.454 e. The van der Waals surface area contributed by atoms with Gasteiger partial charge >= 0.3 is 6.03 Å². The third-order valence-electron chi connectivity index (χ3n) is 7.36. The van der Waals surface area contributed by atoms with E-state index in [0.717, 1.165) is 17.7 Å². The highest BCUT2D eigenvalue weighted by molar-refractivity contribution is 6.04. The lowest BCUT2D eigenvalue weighted by atomic mass is 9.83. The molecule has 1 aromatic carbocycles. The Kier molecular flexibility index (Phi) is 5.23. The third kappa shape index (κ3) is 3.92. The van der Waals surface area contributed by atoms with Gasteiger partial charge in [-0.2, -0.15) is 0 Å². The van der Waals surface area contributed by atoms with E-state index < -0.39 is 12.1 Å². The van der Waals surface area contributed by atoms with Crippen LogP contribution < -0.4 is 20.3 Å². The minimum absolute atomic E-state index is 0.0118. The number of rotatable bonds is 5. The molecule has 0 radical (unpaired) electrons. The maximum Gasteiger partial charge on any atom is 0.325 e. The highest BCUT2D eigenvalue weighted by Gasteiger charge is 2.40. The van der Waals surface area contributed by atoms with Gasteiger partial charge in [0, 0.05) is 43.7 Å². The molecule has 4 aliphatic heterocycles. The molecule has 2 saturated heterocycles. The lowest BCUT2D eigenvalue weighted by Gasteiger charge is -2.42. The monoisotopic (exact) mass is 478 g/mol. The molecule has 0 aliphatic carbocycles. The molecule has 0 unspecified atom stereocenters. The van der Waals surface area contributed by atoms with Crippen molar-refractivity contribution in [3.8, 4) is 11.5 Å². The van der Waals surface area contributed by atoms with Gasteiger partial charge in [0.15, 0.2) is 11.5 Å².